The van der Waals surface area contributed by atoms with Gasteiger partial charge in [-0.2, -0.15) is 0 Å². The third-order valence-electron chi connectivity index (χ3n) is 2.14. The molecule has 0 saturated carbocycles. The smallest absolute Gasteiger partial charge is 0.144 e. The van der Waals surface area contributed by atoms with E-state index in [9.17, 15) is 4.39 Å². The molecule has 2 aromatic rings. The van der Waals surface area contributed by atoms with Crippen molar-refractivity contribution in [2.24, 2.45) is 7.05 Å². The molecule has 0 aliphatic carbocycles. The summed E-state index contributed by atoms with van der Waals surface area (Å²) in [6, 6.07) is 6.49. The van der Waals surface area contributed by atoms with Crippen LogP contribution in [0.25, 0.3) is 11.4 Å². The van der Waals surface area contributed by atoms with Gasteiger partial charge >= 0.3 is 0 Å². The predicted octanol–water partition coefficient (Wildman–Crippen LogP) is 1.81. The Morgan fingerprint density at radius 3 is 2.64 bits per heavy atom. The lowest BCUT2D eigenvalue weighted by molar-refractivity contribution is 0.629. The number of hydrogen-bond acceptors (Lipinski definition) is 2. The molecular weight excluding hydrogens is 181 g/mol. The molecule has 0 fully saturated rings. The minimum Gasteiger partial charge on any atom is -0.384 e. The fourth-order valence-corrected chi connectivity index (χ4v) is 1.32. The Morgan fingerprint density at radius 2 is 2.07 bits per heavy atom. The van der Waals surface area contributed by atoms with Crippen molar-refractivity contribution >= 4 is 5.82 Å². The van der Waals surface area contributed by atoms with Gasteiger partial charge in [-0.1, -0.05) is 12.1 Å². The molecule has 0 aliphatic rings. The SMILES string of the molecule is Cn1c(N)cnc1-c1ccccc1F. The van der Waals surface area contributed by atoms with Gasteiger partial charge in [0, 0.05) is 7.05 Å². The second kappa shape index (κ2) is 3.14. The van der Waals surface area contributed by atoms with Gasteiger partial charge in [-0.25, -0.2) is 9.37 Å². The Balaban J connectivity index is 2.60. The minimum atomic E-state index is -0.291. The average molecular weight is 191 g/mol. The lowest BCUT2D eigenvalue weighted by atomic mass is 10.2. The molecule has 0 radical (unpaired) electrons. The summed E-state index contributed by atoms with van der Waals surface area (Å²) in [5.74, 6) is 0.769. The monoisotopic (exact) mass is 191 g/mol. The maximum Gasteiger partial charge on any atom is 0.144 e. The highest BCUT2D eigenvalue weighted by Gasteiger charge is 2.09. The first kappa shape index (κ1) is 8.74. The van der Waals surface area contributed by atoms with Crippen LogP contribution in [0, 0.1) is 5.82 Å². The zero-order valence-corrected chi connectivity index (χ0v) is 7.74. The molecule has 2 N–H and O–H groups in total. The number of nitrogen functional groups attached to an aromatic ring is 1. The number of nitrogens with zero attached hydrogens (tertiary/aromatic N) is 2. The van der Waals surface area contributed by atoms with Gasteiger partial charge in [0.15, 0.2) is 0 Å². The second-order valence-corrected chi connectivity index (χ2v) is 3.05. The van der Waals surface area contributed by atoms with Crippen molar-refractivity contribution in [1.82, 2.24) is 9.55 Å². The van der Waals surface area contributed by atoms with E-state index in [0.29, 0.717) is 17.2 Å². The molecule has 0 amide bonds. The molecule has 14 heavy (non-hydrogen) atoms. The molecule has 72 valence electrons. The number of halogens is 1. The maximum atomic E-state index is 13.4. The highest BCUT2D eigenvalue weighted by atomic mass is 19.1. The number of anilines is 1. The van der Waals surface area contributed by atoms with Gasteiger partial charge in [-0.15, -0.1) is 0 Å². The number of nitrogens with two attached hydrogens (primary N) is 1. The van der Waals surface area contributed by atoms with Crippen LogP contribution in [-0.2, 0) is 7.05 Å². The molecule has 0 unspecified atom stereocenters. The molecule has 0 saturated heterocycles. The van der Waals surface area contributed by atoms with Crippen LogP contribution in [0.4, 0.5) is 10.2 Å². The zero-order chi connectivity index (χ0) is 10.1. The van der Waals surface area contributed by atoms with Gasteiger partial charge in [0.1, 0.15) is 17.5 Å². The Kier molecular flexibility index (Phi) is 1.96. The van der Waals surface area contributed by atoms with Crippen LogP contribution in [-0.4, -0.2) is 9.55 Å². The summed E-state index contributed by atoms with van der Waals surface area (Å²) in [4.78, 5) is 4.04. The summed E-state index contributed by atoms with van der Waals surface area (Å²) in [7, 11) is 1.75. The standard InChI is InChI=1S/C10H10FN3/c1-14-9(12)6-13-10(14)7-4-2-3-5-8(7)11/h2-6H,12H2,1H3. The van der Waals surface area contributed by atoms with E-state index in [1.807, 2.05) is 0 Å². The van der Waals surface area contributed by atoms with Crippen LogP contribution in [0.2, 0.25) is 0 Å². The quantitative estimate of drug-likeness (QED) is 0.747. The van der Waals surface area contributed by atoms with E-state index in [4.69, 9.17) is 5.73 Å². The molecule has 0 aliphatic heterocycles. The molecular formula is C10H10FN3. The second-order valence-electron chi connectivity index (χ2n) is 3.05. The van der Waals surface area contributed by atoms with Crippen molar-refractivity contribution in [2.75, 3.05) is 5.73 Å². The van der Waals surface area contributed by atoms with Crippen molar-refractivity contribution in [3.8, 4) is 11.4 Å². The third kappa shape index (κ3) is 1.25. The Labute approximate surface area is 81.0 Å². The Morgan fingerprint density at radius 1 is 1.36 bits per heavy atom. The van der Waals surface area contributed by atoms with Crippen molar-refractivity contribution in [1.29, 1.82) is 0 Å². The molecule has 0 atom stereocenters. The Hall–Kier alpha value is -1.84. The number of imidazole rings is 1. The summed E-state index contributed by atoms with van der Waals surface area (Å²) in [6.07, 6.45) is 1.52. The largest absolute Gasteiger partial charge is 0.384 e. The van der Waals surface area contributed by atoms with Crippen LogP contribution >= 0.6 is 0 Å². The zero-order valence-electron chi connectivity index (χ0n) is 7.74. The fourth-order valence-electron chi connectivity index (χ4n) is 1.32. The molecule has 0 spiro atoms. The maximum absolute atomic E-state index is 13.4. The van der Waals surface area contributed by atoms with Crippen molar-refractivity contribution < 1.29 is 4.39 Å². The first-order chi connectivity index (χ1) is 6.70. The number of hydrogen-bond donors (Lipinski definition) is 1. The van der Waals surface area contributed by atoms with Gasteiger partial charge in [-0.05, 0) is 12.1 Å². The van der Waals surface area contributed by atoms with E-state index in [1.54, 1.807) is 29.8 Å². The summed E-state index contributed by atoms with van der Waals surface area (Å²) >= 11 is 0. The molecule has 1 aromatic heterocycles. The van der Waals surface area contributed by atoms with Crippen LogP contribution in [0.1, 0.15) is 0 Å². The van der Waals surface area contributed by atoms with Crippen LogP contribution < -0.4 is 5.73 Å². The molecule has 0 bridgehead atoms. The summed E-state index contributed by atoms with van der Waals surface area (Å²) in [5, 5.41) is 0. The fraction of sp³-hybridized carbons (Fsp3) is 0.100. The topological polar surface area (TPSA) is 43.8 Å². The summed E-state index contributed by atoms with van der Waals surface area (Å²) in [5.41, 5.74) is 6.07. The molecule has 4 heteroatoms. The van der Waals surface area contributed by atoms with Crippen molar-refractivity contribution in [2.45, 2.75) is 0 Å². The molecule has 3 nitrogen and oxygen atoms in total. The predicted molar refractivity (Wildman–Crippen MR) is 53.0 cm³/mol. The van der Waals surface area contributed by atoms with Gasteiger partial charge in [0.05, 0.1) is 11.8 Å². The van der Waals surface area contributed by atoms with E-state index in [-0.39, 0.29) is 5.82 Å². The normalized spacial score (nSPS) is 10.4. The van der Waals surface area contributed by atoms with Crippen LogP contribution in [0.5, 0.6) is 0 Å². The average Bonchev–Trinajstić information content (AvgIpc) is 2.49. The summed E-state index contributed by atoms with van der Waals surface area (Å²) in [6.45, 7) is 0. The first-order valence-corrected chi connectivity index (χ1v) is 4.22. The molecule has 1 heterocycles. The summed E-state index contributed by atoms with van der Waals surface area (Å²) < 4.78 is 15.0. The number of benzene rings is 1. The lowest BCUT2D eigenvalue weighted by Crippen LogP contribution is -1.99. The van der Waals surface area contributed by atoms with Crippen LogP contribution in [0.15, 0.2) is 30.5 Å². The third-order valence-corrected chi connectivity index (χ3v) is 2.14. The van der Waals surface area contributed by atoms with Gasteiger partial charge in [-0.3, -0.25) is 0 Å². The highest BCUT2D eigenvalue weighted by Crippen LogP contribution is 2.21. The highest BCUT2D eigenvalue weighted by molar-refractivity contribution is 5.59. The lowest BCUT2D eigenvalue weighted by Gasteiger charge is -2.03. The van der Waals surface area contributed by atoms with E-state index in [2.05, 4.69) is 4.98 Å². The van der Waals surface area contributed by atoms with E-state index < -0.39 is 0 Å². The molecule has 2 rings (SSSR count). The Bertz CT molecular complexity index is 462. The van der Waals surface area contributed by atoms with Crippen molar-refractivity contribution in [3.05, 3.63) is 36.3 Å². The van der Waals surface area contributed by atoms with Crippen LogP contribution in [0.3, 0.4) is 0 Å². The number of aromatic nitrogens is 2. The van der Waals surface area contributed by atoms with E-state index in [0.717, 1.165) is 0 Å². The van der Waals surface area contributed by atoms with E-state index in [1.165, 1.54) is 12.3 Å². The van der Waals surface area contributed by atoms with Gasteiger partial charge in [0.25, 0.3) is 0 Å². The number of rotatable bonds is 1. The van der Waals surface area contributed by atoms with Crippen molar-refractivity contribution in [3.63, 3.8) is 0 Å². The van der Waals surface area contributed by atoms with Gasteiger partial charge < -0.3 is 10.3 Å². The minimum absolute atomic E-state index is 0.291. The van der Waals surface area contributed by atoms with Gasteiger partial charge in [0.2, 0.25) is 0 Å². The van der Waals surface area contributed by atoms with E-state index >= 15 is 0 Å². The molecule has 1 aromatic carbocycles. The first-order valence-electron chi connectivity index (χ1n) is 4.22.